The lowest BCUT2D eigenvalue weighted by Crippen LogP contribution is -2.62. The van der Waals surface area contributed by atoms with Crippen molar-refractivity contribution in [2.45, 2.75) is 123 Å². The zero-order chi connectivity index (χ0) is 48.8. The van der Waals surface area contributed by atoms with Gasteiger partial charge in [-0.25, -0.2) is 5.43 Å². The third-order valence-electron chi connectivity index (χ3n) is 14.6. The lowest BCUT2D eigenvalue weighted by atomic mass is 9.83. The number of likely N-dealkylation sites (tertiary alicyclic amines) is 1. The summed E-state index contributed by atoms with van der Waals surface area (Å²) in [6.45, 7) is 18.2. The summed E-state index contributed by atoms with van der Waals surface area (Å²) in [5.74, 6) is -2.84. The lowest BCUT2D eigenvalue weighted by molar-refractivity contribution is -0.155. The predicted octanol–water partition coefficient (Wildman–Crippen LogP) is 5.72. The van der Waals surface area contributed by atoms with E-state index in [4.69, 9.17) is 14.6 Å². The second-order valence-corrected chi connectivity index (χ2v) is 20.5. The zero-order valence-corrected chi connectivity index (χ0v) is 40.9. The Bertz CT molecular complexity index is 2630. The normalized spacial score (nSPS) is 23.5. The second-order valence-electron chi connectivity index (χ2n) is 20.5. The van der Waals surface area contributed by atoms with Crippen molar-refractivity contribution < 1.29 is 38.6 Å². The Kier molecular flexibility index (Phi) is 13.7. The maximum absolute atomic E-state index is 14.8. The molecule has 0 unspecified atom stereocenters. The molecule has 16 heteroatoms. The number of hydrazine groups is 1. The van der Waals surface area contributed by atoms with Gasteiger partial charge >= 0.3 is 5.97 Å². The highest BCUT2D eigenvalue weighted by Gasteiger charge is 2.42. The van der Waals surface area contributed by atoms with Crippen molar-refractivity contribution in [2.24, 2.45) is 17.3 Å². The number of hydrogen-bond donors (Lipinski definition) is 3. The van der Waals surface area contributed by atoms with Crippen LogP contribution in [0.15, 0.2) is 55.3 Å². The summed E-state index contributed by atoms with van der Waals surface area (Å²) < 4.78 is 16.8. The molecule has 5 atom stereocenters. The molecule has 2 fully saturated rings. The highest BCUT2D eigenvalue weighted by molar-refractivity contribution is 5.96. The Morgan fingerprint density at radius 1 is 1.07 bits per heavy atom. The molecular formula is C52H68N8O8. The van der Waals surface area contributed by atoms with E-state index >= 15 is 0 Å². The highest BCUT2D eigenvalue weighted by Crippen LogP contribution is 2.46. The lowest BCUT2D eigenvalue weighted by Gasteiger charge is -2.37. The molecule has 4 amide bonds. The van der Waals surface area contributed by atoms with Crippen molar-refractivity contribution >= 4 is 40.5 Å². The van der Waals surface area contributed by atoms with Gasteiger partial charge in [0.05, 0.1) is 30.1 Å². The number of aryl methyl sites for hydroxylation is 2. The average molecular weight is 933 g/mol. The molecule has 6 bridgehead atoms. The van der Waals surface area contributed by atoms with E-state index in [1.807, 2.05) is 32.2 Å². The summed E-state index contributed by atoms with van der Waals surface area (Å²) in [7, 11) is 3.34. The van der Waals surface area contributed by atoms with Gasteiger partial charge in [0, 0.05) is 75.2 Å². The van der Waals surface area contributed by atoms with Crippen LogP contribution in [0.4, 0.5) is 0 Å². The number of benzene rings is 2. The molecule has 364 valence electrons. The van der Waals surface area contributed by atoms with Crippen molar-refractivity contribution in [3.63, 3.8) is 0 Å². The summed E-state index contributed by atoms with van der Waals surface area (Å²) in [5.41, 5.74) is 9.38. The van der Waals surface area contributed by atoms with Crippen LogP contribution in [0.5, 0.6) is 5.75 Å². The Labute approximate surface area is 398 Å². The van der Waals surface area contributed by atoms with Crippen molar-refractivity contribution in [3.8, 4) is 28.1 Å². The topological polar surface area (TPSA) is 181 Å². The van der Waals surface area contributed by atoms with Crippen LogP contribution in [-0.2, 0) is 65.0 Å². The van der Waals surface area contributed by atoms with E-state index in [0.29, 0.717) is 44.3 Å². The number of cyclic esters (lactones) is 1. The first-order valence-electron chi connectivity index (χ1n) is 24.2. The number of phenols is 1. The number of esters is 1. The van der Waals surface area contributed by atoms with Crippen molar-refractivity contribution in [1.82, 2.24) is 39.9 Å². The number of aromatic nitrogens is 3. The van der Waals surface area contributed by atoms with Crippen LogP contribution in [0.3, 0.4) is 0 Å². The van der Waals surface area contributed by atoms with E-state index in [9.17, 15) is 29.1 Å². The quantitative estimate of drug-likeness (QED) is 0.139. The molecule has 0 saturated carbocycles. The molecule has 4 aromatic rings. The number of methoxy groups -OCH3 is 1. The minimum absolute atomic E-state index is 0.00657. The molecular weight excluding hydrogens is 865 g/mol. The molecule has 2 saturated heterocycles. The molecule has 3 N–H and O–H groups in total. The van der Waals surface area contributed by atoms with Crippen LogP contribution >= 0.6 is 0 Å². The van der Waals surface area contributed by atoms with Gasteiger partial charge < -0.3 is 34.3 Å². The number of amides is 4. The first kappa shape index (κ1) is 48.5. The summed E-state index contributed by atoms with van der Waals surface area (Å²) in [6, 6.07) is 8.60. The number of fused-ring (bicyclic) bond motifs is 7. The second kappa shape index (κ2) is 19.2. The minimum atomic E-state index is -1.16. The van der Waals surface area contributed by atoms with Crippen molar-refractivity contribution in [3.05, 3.63) is 72.1 Å². The first-order chi connectivity index (χ1) is 32.4. The number of nitrogens with zero attached hydrogens (tertiary/aromatic N) is 6. The molecule has 68 heavy (non-hydrogen) atoms. The molecule has 6 heterocycles. The summed E-state index contributed by atoms with van der Waals surface area (Å²) in [5, 5.41) is 21.7. The monoisotopic (exact) mass is 933 g/mol. The van der Waals surface area contributed by atoms with Gasteiger partial charge in [-0.15, -0.1) is 0 Å². The predicted molar refractivity (Wildman–Crippen MR) is 258 cm³/mol. The molecule has 4 aliphatic rings. The van der Waals surface area contributed by atoms with E-state index in [1.54, 1.807) is 31.2 Å². The van der Waals surface area contributed by atoms with Gasteiger partial charge in [-0.3, -0.25) is 33.7 Å². The SMILES string of the molecule is C=CC(=O)N1CC[C@H](C(=O)N(C)[C@H](C(=O)N[C@H]2Cc3cc(O)cc(c3)-c3ccc4c(c3)c(c(-c3cnn5c3[C@](C)(OC)CCC5)n4CC)CC(C)(C)COC(=O)[C@@H]3CCCN(N3)C2=O)C(C)C)C1. The van der Waals surface area contributed by atoms with Crippen LogP contribution in [0.1, 0.15) is 90.5 Å². The Hall–Kier alpha value is -6.00. The van der Waals surface area contributed by atoms with Gasteiger partial charge in [0.15, 0.2) is 0 Å². The minimum Gasteiger partial charge on any atom is -0.508 e. The highest BCUT2D eigenvalue weighted by atomic mass is 16.5. The number of ether oxygens (including phenoxy) is 2. The third kappa shape index (κ3) is 9.28. The Balaban J connectivity index is 1.21. The Morgan fingerprint density at radius 3 is 2.57 bits per heavy atom. The number of hydrogen-bond acceptors (Lipinski definition) is 10. The average Bonchev–Trinajstić information content (AvgIpc) is 4.06. The van der Waals surface area contributed by atoms with Gasteiger partial charge in [0.1, 0.15) is 29.5 Å². The number of carbonyl (C=O) groups excluding carboxylic acids is 5. The van der Waals surface area contributed by atoms with E-state index in [-0.39, 0.29) is 49.6 Å². The number of likely N-dealkylation sites (N-methyl/N-ethyl adjacent to an activating group) is 1. The van der Waals surface area contributed by atoms with Crippen LogP contribution in [0.25, 0.3) is 33.3 Å². The molecule has 8 rings (SSSR count). The zero-order valence-electron chi connectivity index (χ0n) is 40.9. The first-order valence-corrected chi connectivity index (χ1v) is 24.2. The number of phenolic OH excluding ortho intramolecular Hbond substituents is 1. The molecule has 0 aliphatic carbocycles. The van der Waals surface area contributed by atoms with Gasteiger partial charge in [-0.1, -0.05) is 46.4 Å². The largest absolute Gasteiger partial charge is 0.508 e. The van der Waals surface area contributed by atoms with Crippen LogP contribution in [0.2, 0.25) is 0 Å². The summed E-state index contributed by atoms with van der Waals surface area (Å²) in [6.07, 6.45) is 6.95. The molecule has 4 aliphatic heterocycles. The van der Waals surface area contributed by atoms with Gasteiger partial charge in [-0.2, -0.15) is 5.10 Å². The van der Waals surface area contributed by atoms with Crippen LogP contribution in [-0.4, -0.2) is 122 Å². The van der Waals surface area contributed by atoms with Crippen LogP contribution < -0.4 is 10.7 Å². The van der Waals surface area contributed by atoms with Crippen molar-refractivity contribution in [1.29, 1.82) is 0 Å². The number of aromatic hydroxyl groups is 1. The fraction of sp³-hybridized carbons (Fsp3) is 0.538. The molecule has 16 nitrogen and oxygen atoms in total. The van der Waals surface area contributed by atoms with Crippen LogP contribution in [0, 0.1) is 17.3 Å². The molecule has 0 radical (unpaired) electrons. The standard InChI is InChI=1S/C52H68N8O8/c1-10-43(62)57-21-17-34(29-57)48(64)56(8)44(31(3)4)47(63)54-41-24-32-22-35(25-36(61)23-32)33-15-16-42-37(26-33)38(27-51(5,6)30-68-50(66)40-14-12-19-60(55-40)49(41)65)45(58(42)11-2)39-28-53-59-20-13-18-52(7,67-9)46(39)59/h10,15-16,22-23,25-26,28,31,34,40-41,44,55,61H,1,11-14,17-21,24,27,29-30H2,2-9H3,(H,54,63)/t34-,40-,41-,44-,52+/m0/s1. The maximum Gasteiger partial charge on any atom is 0.324 e. The number of nitrogens with one attached hydrogen (secondary N) is 2. The smallest absolute Gasteiger partial charge is 0.324 e. The van der Waals surface area contributed by atoms with E-state index in [2.05, 4.69) is 66.4 Å². The third-order valence-corrected chi connectivity index (χ3v) is 14.6. The fourth-order valence-electron chi connectivity index (χ4n) is 11.1. The van der Waals surface area contributed by atoms with E-state index < -0.39 is 52.8 Å². The summed E-state index contributed by atoms with van der Waals surface area (Å²) in [4.78, 5) is 72.6. The van der Waals surface area contributed by atoms with Gasteiger partial charge in [0.2, 0.25) is 17.7 Å². The number of carbonyl (C=O) groups is 5. The van der Waals surface area contributed by atoms with Crippen molar-refractivity contribution in [2.75, 3.05) is 40.4 Å². The van der Waals surface area contributed by atoms with Gasteiger partial charge in [-0.05, 0) is 111 Å². The molecule has 2 aromatic heterocycles. The molecule has 2 aromatic carbocycles. The summed E-state index contributed by atoms with van der Waals surface area (Å²) >= 11 is 0. The maximum atomic E-state index is 14.8. The van der Waals surface area contributed by atoms with E-state index in [1.165, 1.54) is 16.0 Å². The number of rotatable bonds is 9. The van der Waals surface area contributed by atoms with E-state index in [0.717, 1.165) is 63.9 Å². The Morgan fingerprint density at radius 2 is 1.85 bits per heavy atom. The molecule has 0 spiro atoms. The van der Waals surface area contributed by atoms with Gasteiger partial charge in [0.25, 0.3) is 5.91 Å². The fourth-order valence-corrected chi connectivity index (χ4v) is 11.1.